The predicted octanol–water partition coefficient (Wildman–Crippen LogP) is 0.787. The average Bonchev–Trinajstić information content (AvgIpc) is 2.40. The number of hydrogen-bond acceptors (Lipinski definition) is 5. The normalized spacial score (nSPS) is 14.8. The lowest BCUT2D eigenvalue weighted by molar-refractivity contribution is 0.00497. The zero-order valence-electron chi connectivity index (χ0n) is 12.6. The van der Waals surface area contributed by atoms with Crippen molar-refractivity contribution in [3.63, 3.8) is 0 Å². The van der Waals surface area contributed by atoms with Gasteiger partial charge in [0.05, 0.1) is 32.0 Å². The van der Waals surface area contributed by atoms with E-state index in [2.05, 4.69) is 19.2 Å². The van der Waals surface area contributed by atoms with E-state index >= 15 is 0 Å². The van der Waals surface area contributed by atoms with E-state index in [-0.39, 0.29) is 6.10 Å². The van der Waals surface area contributed by atoms with Crippen molar-refractivity contribution in [2.24, 2.45) is 5.92 Å². The van der Waals surface area contributed by atoms with Gasteiger partial charge in [-0.2, -0.15) is 0 Å². The average molecular weight is 277 g/mol. The summed E-state index contributed by atoms with van der Waals surface area (Å²) >= 11 is 0. The number of ether oxygens (including phenoxy) is 2. The fourth-order valence-electron chi connectivity index (χ4n) is 1.94. The molecule has 0 rings (SSSR count). The number of rotatable bonds is 13. The first-order valence-corrected chi connectivity index (χ1v) is 7.37. The number of hydrogen-bond donors (Lipinski definition) is 3. The Morgan fingerprint density at radius 2 is 1.58 bits per heavy atom. The van der Waals surface area contributed by atoms with Gasteiger partial charge in [-0.25, -0.2) is 0 Å². The van der Waals surface area contributed by atoms with E-state index in [0.29, 0.717) is 45.4 Å². The molecule has 19 heavy (non-hydrogen) atoms. The molecular formula is C14H31NO4. The van der Waals surface area contributed by atoms with Crippen molar-refractivity contribution in [1.82, 2.24) is 5.32 Å². The van der Waals surface area contributed by atoms with Crippen LogP contribution in [0, 0.1) is 5.92 Å². The molecule has 0 aromatic carbocycles. The lowest BCUT2D eigenvalue weighted by Crippen LogP contribution is -2.38. The molecule has 0 spiro atoms. The monoisotopic (exact) mass is 277 g/mol. The lowest BCUT2D eigenvalue weighted by Gasteiger charge is -2.21. The van der Waals surface area contributed by atoms with Gasteiger partial charge < -0.3 is 25.0 Å². The molecule has 2 atom stereocenters. The summed E-state index contributed by atoms with van der Waals surface area (Å²) in [4.78, 5) is 0. The largest absolute Gasteiger partial charge is 0.392 e. The van der Waals surface area contributed by atoms with Gasteiger partial charge in [0.2, 0.25) is 0 Å². The van der Waals surface area contributed by atoms with Crippen LogP contribution in [0.2, 0.25) is 0 Å². The highest BCUT2D eigenvalue weighted by molar-refractivity contribution is 4.70. The Labute approximate surface area is 117 Å². The minimum Gasteiger partial charge on any atom is -0.392 e. The summed E-state index contributed by atoms with van der Waals surface area (Å²) in [7, 11) is 0. The lowest BCUT2D eigenvalue weighted by atomic mass is 9.96. The van der Waals surface area contributed by atoms with Crippen LogP contribution in [0.15, 0.2) is 0 Å². The molecule has 116 valence electrons. The Morgan fingerprint density at radius 3 is 2.16 bits per heavy atom. The van der Waals surface area contributed by atoms with Crippen LogP contribution < -0.4 is 5.32 Å². The molecular weight excluding hydrogens is 246 g/mol. The van der Waals surface area contributed by atoms with E-state index < -0.39 is 6.10 Å². The van der Waals surface area contributed by atoms with Crippen LogP contribution in [0.1, 0.15) is 33.6 Å². The molecule has 0 aliphatic rings. The number of nitrogens with one attached hydrogen (secondary N) is 1. The fourth-order valence-corrected chi connectivity index (χ4v) is 1.94. The van der Waals surface area contributed by atoms with Crippen LogP contribution in [0.3, 0.4) is 0 Å². The number of aliphatic hydroxyl groups is 2. The third kappa shape index (κ3) is 10.3. The second-order valence-corrected chi connectivity index (χ2v) is 4.73. The molecule has 5 nitrogen and oxygen atoms in total. The maximum atomic E-state index is 9.90. The van der Waals surface area contributed by atoms with Gasteiger partial charge in [-0.3, -0.25) is 0 Å². The fraction of sp³-hybridized carbons (Fsp3) is 1.00. The van der Waals surface area contributed by atoms with Gasteiger partial charge in [0.1, 0.15) is 0 Å². The predicted molar refractivity (Wildman–Crippen MR) is 76.3 cm³/mol. The molecule has 0 aliphatic heterocycles. The molecule has 0 saturated heterocycles. The zero-order valence-corrected chi connectivity index (χ0v) is 12.6. The molecule has 0 aromatic heterocycles. The molecule has 3 N–H and O–H groups in total. The highest BCUT2D eigenvalue weighted by Gasteiger charge is 2.15. The maximum Gasteiger partial charge on any atom is 0.0897 e. The van der Waals surface area contributed by atoms with E-state index in [0.717, 1.165) is 12.8 Å². The standard InChI is InChI=1S/C14H31NO4/c1-4-12(5-2)14(17)10-15-9-13(16)11-19-8-7-18-6-3/h12-17H,4-11H2,1-3H3. The number of aliphatic hydroxyl groups excluding tert-OH is 2. The molecule has 0 radical (unpaired) electrons. The van der Waals surface area contributed by atoms with Crippen LogP contribution in [-0.2, 0) is 9.47 Å². The van der Waals surface area contributed by atoms with Crippen LogP contribution in [0.5, 0.6) is 0 Å². The van der Waals surface area contributed by atoms with Crippen molar-refractivity contribution >= 4 is 0 Å². The van der Waals surface area contributed by atoms with E-state index in [4.69, 9.17) is 9.47 Å². The molecule has 0 aliphatic carbocycles. The Morgan fingerprint density at radius 1 is 0.947 bits per heavy atom. The summed E-state index contributed by atoms with van der Waals surface area (Å²) in [5, 5.41) is 22.6. The van der Waals surface area contributed by atoms with Crippen molar-refractivity contribution in [2.75, 3.05) is 39.5 Å². The second-order valence-electron chi connectivity index (χ2n) is 4.73. The Balaban J connectivity index is 3.49. The van der Waals surface area contributed by atoms with Crippen molar-refractivity contribution < 1.29 is 19.7 Å². The minimum absolute atomic E-state index is 0.293. The minimum atomic E-state index is -0.546. The second kappa shape index (κ2) is 12.8. The summed E-state index contributed by atoms with van der Waals surface area (Å²) in [5.41, 5.74) is 0. The van der Waals surface area contributed by atoms with Gasteiger partial charge in [-0.05, 0) is 12.8 Å². The summed E-state index contributed by atoms with van der Waals surface area (Å²) in [6.45, 7) is 9.09. The van der Waals surface area contributed by atoms with Gasteiger partial charge in [0.15, 0.2) is 0 Å². The first-order valence-electron chi connectivity index (χ1n) is 7.37. The topological polar surface area (TPSA) is 71.0 Å². The summed E-state index contributed by atoms with van der Waals surface area (Å²) in [6.07, 6.45) is 1.06. The Kier molecular flexibility index (Phi) is 12.7. The Hall–Kier alpha value is -0.200. The van der Waals surface area contributed by atoms with Crippen molar-refractivity contribution in [2.45, 2.75) is 45.8 Å². The van der Waals surface area contributed by atoms with E-state index in [1.54, 1.807) is 0 Å². The maximum absolute atomic E-state index is 9.90. The summed E-state index contributed by atoms with van der Waals surface area (Å²) in [5.74, 6) is 0.326. The van der Waals surface area contributed by atoms with Crippen LogP contribution >= 0.6 is 0 Å². The van der Waals surface area contributed by atoms with E-state index in [1.807, 2.05) is 6.92 Å². The van der Waals surface area contributed by atoms with Crippen LogP contribution in [0.25, 0.3) is 0 Å². The van der Waals surface area contributed by atoms with Crippen LogP contribution in [0.4, 0.5) is 0 Å². The van der Waals surface area contributed by atoms with Gasteiger partial charge in [0, 0.05) is 19.7 Å². The van der Waals surface area contributed by atoms with E-state index in [1.165, 1.54) is 0 Å². The van der Waals surface area contributed by atoms with Crippen molar-refractivity contribution in [3.8, 4) is 0 Å². The highest BCUT2D eigenvalue weighted by atomic mass is 16.5. The summed E-state index contributed by atoms with van der Waals surface area (Å²) in [6, 6.07) is 0. The highest BCUT2D eigenvalue weighted by Crippen LogP contribution is 2.12. The van der Waals surface area contributed by atoms with E-state index in [9.17, 15) is 10.2 Å². The van der Waals surface area contributed by atoms with Crippen molar-refractivity contribution in [3.05, 3.63) is 0 Å². The smallest absolute Gasteiger partial charge is 0.0897 e. The molecule has 5 heteroatoms. The molecule has 0 bridgehead atoms. The molecule has 0 saturated carbocycles. The quantitative estimate of drug-likeness (QED) is 0.434. The van der Waals surface area contributed by atoms with Gasteiger partial charge in [0.25, 0.3) is 0 Å². The molecule has 2 unspecified atom stereocenters. The third-order valence-electron chi connectivity index (χ3n) is 3.21. The molecule has 0 aromatic rings. The molecule has 0 amide bonds. The zero-order chi connectivity index (χ0) is 14.5. The SMILES string of the molecule is CCOCCOCC(O)CNCC(O)C(CC)CC. The van der Waals surface area contributed by atoms with Crippen molar-refractivity contribution in [1.29, 1.82) is 0 Å². The van der Waals surface area contributed by atoms with Gasteiger partial charge >= 0.3 is 0 Å². The third-order valence-corrected chi connectivity index (χ3v) is 3.21. The van der Waals surface area contributed by atoms with Gasteiger partial charge in [-0.15, -0.1) is 0 Å². The first kappa shape index (κ1) is 18.8. The Bertz CT molecular complexity index is 188. The molecule has 0 heterocycles. The van der Waals surface area contributed by atoms with Crippen LogP contribution in [-0.4, -0.2) is 61.9 Å². The van der Waals surface area contributed by atoms with Gasteiger partial charge in [-0.1, -0.05) is 26.7 Å². The summed E-state index contributed by atoms with van der Waals surface area (Å²) < 4.78 is 10.4. The molecule has 0 fully saturated rings. The first-order chi connectivity index (χ1) is 9.15.